The Labute approximate surface area is 584 Å². The van der Waals surface area contributed by atoms with Crippen molar-refractivity contribution in [3.63, 3.8) is 0 Å². The Hall–Kier alpha value is -9.83. The summed E-state index contributed by atoms with van der Waals surface area (Å²) in [5.41, 5.74) is 23.0. The van der Waals surface area contributed by atoms with Gasteiger partial charge in [0.25, 0.3) is 0 Å². The number of anilines is 3. The van der Waals surface area contributed by atoms with Crippen molar-refractivity contribution in [2.45, 2.75) is 28.7 Å². The number of para-hydroxylation sites is 4. The Morgan fingerprint density at radius 2 is 0.532 bits per heavy atom. The fourth-order valence-electron chi connectivity index (χ4n) is 12.2. The van der Waals surface area contributed by atoms with E-state index in [1.165, 1.54) is 114 Å². The molecule has 0 fully saturated rings. The van der Waals surface area contributed by atoms with Crippen molar-refractivity contribution in [2.24, 2.45) is 0 Å². The second-order valence-electron chi connectivity index (χ2n) is 22.5. The zero-order chi connectivity index (χ0) is 61.5. The van der Waals surface area contributed by atoms with Gasteiger partial charge in [0.2, 0.25) is 0 Å². The summed E-state index contributed by atoms with van der Waals surface area (Å²) in [6.07, 6.45) is 0.930. The van der Waals surface area contributed by atoms with Crippen molar-refractivity contribution in [1.29, 1.82) is 0 Å². The van der Waals surface area contributed by atoms with Crippen LogP contribution in [0.5, 0.6) is 0 Å². The highest BCUT2D eigenvalue weighted by Crippen LogP contribution is 2.40. The van der Waals surface area contributed by atoms with Crippen molar-refractivity contribution in [1.82, 2.24) is 9.13 Å². The second-order valence-corrected chi connectivity index (χ2v) is 25.6. The van der Waals surface area contributed by atoms with Crippen LogP contribution in [0.3, 0.4) is 0 Å². The molecule has 0 bridgehead atoms. The Kier molecular flexibility index (Phi) is 21.2. The summed E-state index contributed by atoms with van der Waals surface area (Å²) >= 11 is 9.22. The molecule has 0 radical (unpaired) electrons. The van der Waals surface area contributed by atoms with Crippen LogP contribution < -0.4 is 4.90 Å². The minimum Gasteiger partial charge on any atom is -0.311 e. The first-order chi connectivity index (χ1) is 44.8. The number of fused-ring (bicyclic) bond motifs is 6. The molecule has 0 saturated heterocycles. The van der Waals surface area contributed by atoms with Crippen LogP contribution in [-0.2, 0) is 6.42 Å². The molecule has 6 heteroatoms. The van der Waals surface area contributed by atoms with E-state index < -0.39 is 0 Å². The van der Waals surface area contributed by atoms with E-state index in [2.05, 4.69) is 408 Å². The van der Waals surface area contributed by atoms with Gasteiger partial charge in [-0.1, -0.05) is 273 Å². The summed E-state index contributed by atoms with van der Waals surface area (Å²) in [6, 6.07) is 126. The van der Waals surface area contributed by atoms with Crippen molar-refractivity contribution in [3.05, 3.63) is 375 Å². The normalized spacial score (nSPS) is 10.7. The van der Waals surface area contributed by atoms with Crippen molar-refractivity contribution >= 4 is 115 Å². The zero-order valence-electron chi connectivity index (χ0n) is 49.7. The van der Waals surface area contributed by atoms with E-state index in [0.717, 1.165) is 32.4 Å². The largest absolute Gasteiger partial charge is 0.311 e. The lowest BCUT2D eigenvalue weighted by atomic mass is 9.98. The maximum absolute atomic E-state index is 3.60. The third-order valence-electron chi connectivity index (χ3n) is 16.7. The molecule has 16 rings (SSSR count). The number of halogens is 3. The summed E-state index contributed by atoms with van der Waals surface area (Å²) in [5.74, 6) is 0. The maximum Gasteiger partial charge on any atom is 0.0541 e. The average Bonchev–Trinajstić information content (AvgIpc) is 1.61. The van der Waals surface area contributed by atoms with E-state index in [0.29, 0.717) is 0 Å². The minimum absolute atomic E-state index is 0. The van der Waals surface area contributed by atoms with Crippen LogP contribution in [0, 0.1) is 3.57 Å². The Bertz CT molecular complexity index is 5070. The lowest BCUT2D eigenvalue weighted by Gasteiger charge is -2.26. The molecule has 0 spiro atoms. The quantitative estimate of drug-likeness (QED) is 0.118. The van der Waals surface area contributed by atoms with E-state index >= 15 is 0 Å². The van der Waals surface area contributed by atoms with E-state index in [-0.39, 0.29) is 22.3 Å². The molecule has 14 aromatic carbocycles. The third-order valence-corrected chi connectivity index (χ3v) is 18.5. The number of hydrogen-bond acceptors (Lipinski definition) is 1. The van der Waals surface area contributed by atoms with E-state index in [9.17, 15) is 0 Å². The summed E-state index contributed by atoms with van der Waals surface area (Å²) in [7, 11) is 0. The van der Waals surface area contributed by atoms with E-state index in [4.69, 9.17) is 0 Å². The topological polar surface area (TPSA) is 13.1 Å². The number of rotatable bonds is 11. The predicted octanol–water partition coefficient (Wildman–Crippen LogP) is 27.0. The number of benzene rings is 14. The fraction of sp³-hybridized carbons (Fsp3) is 0.0455. The summed E-state index contributed by atoms with van der Waals surface area (Å²) in [6.45, 7) is 0. The molecule has 0 amide bonds. The highest BCUT2D eigenvalue weighted by molar-refractivity contribution is 14.1. The molecule has 0 aliphatic carbocycles. The summed E-state index contributed by atoms with van der Waals surface area (Å²) in [5, 5.41) is 5.08. The second kappa shape index (κ2) is 30.3. The van der Waals surface area contributed by atoms with E-state index in [1.54, 1.807) is 0 Å². The molecular weight excluding hydrogens is 1390 g/mol. The van der Waals surface area contributed by atoms with Gasteiger partial charge in [0.15, 0.2) is 0 Å². The van der Waals surface area contributed by atoms with Crippen molar-refractivity contribution < 1.29 is 0 Å². The fourth-order valence-corrected chi connectivity index (χ4v) is 13.1. The predicted molar refractivity (Wildman–Crippen MR) is 422 cm³/mol. The maximum atomic E-state index is 3.60. The van der Waals surface area contributed by atoms with Gasteiger partial charge in [0, 0.05) is 62.5 Å². The van der Waals surface area contributed by atoms with Crippen LogP contribution in [0.2, 0.25) is 0 Å². The molecule has 3 nitrogen and oxygen atoms in total. The number of hydrogen-bond donors (Lipinski definition) is 0. The lowest BCUT2D eigenvalue weighted by Crippen LogP contribution is -2.09. The van der Waals surface area contributed by atoms with Crippen LogP contribution in [-0.4, -0.2) is 9.13 Å². The number of nitrogens with zero attached hydrogens (tertiary/aromatic N) is 3. The Morgan fingerprint density at radius 1 is 0.255 bits per heavy atom. The van der Waals surface area contributed by atoms with E-state index in [1.807, 2.05) is 12.1 Å². The summed E-state index contributed by atoms with van der Waals surface area (Å²) < 4.78 is 8.19. The molecule has 0 unspecified atom stereocenters. The molecule has 0 saturated carbocycles. The first kappa shape index (κ1) is 65.7. The Balaban J connectivity index is 0.000000168. The highest BCUT2D eigenvalue weighted by atomic mass is 127. The van der Waals surface area contributed by atoms with Crippen LogP contribution in [0.1, 0.15) is 33.4 Å². The summed E-state index contributed by atoms with van der Waals surface area (Å²) in [4.78, 5) is 2.31. The molecule has 0 aliphatic heterocycles. The van der Waals surface area contributed by atoms with Gasteiger partial charge in [0.05, 0.1) is 22.1 Å². The van der Waals surface area contributed by atoms with Crippen LogP contribution in [0.25, 0.3) is 99.5 Å². The molecule has 460 valence electrons. The van der Waals surface area contributed by atoms with Gasteiger partial charge in [-0.25, -0.2) is 0 Å². The van der Waals surface area contributed by atoms with Crippen LogP contribution in [0.15, 0.2) is 361 Å². The van der Waals surface area contributed by atoms with Gasteiger partial charge >= 0.3 is 0 Å². The van der Waals surface area contributed by atoms with Crippen molar-refractivity contribution in [3.8, 4) is 55.9 Å². The molecule has 16 aromatic rings. The molecule has 94 heavy (non-hydrogen) atoms. The molecular formula is C88H72Br2IN3. The van der Waals surface area contributed by atoms with Crippen molar-refractivity contribution in [2.75, 3.05) is 4.90 Å². The zero-order valence-corrected chi connectivity index (χ0v) is 55.0. The first-order valence-electron chi connectivity index (χ1n) is 30.5. The van der Waals surface area contributed by atoms with Gasteiger partial charge in [-0.05, 0) is 218 Å². The molecule has 0 N–H and O–H groups in total. The molecule has 2 aromatic heterocycles. The first-order valence-corrected chi connectivity index (χ1v) is 33.2. The van der Waals surface area contributed by atoms with Gasteiger partial charge in [-0.15, -0.1) is 0 Å². The van der Waals surface area contributed by atoms with Gasteiger partial charge in [-0.2, -0.15) is 0 Å². The monoisotopic (exact) mass is 1460 g/mol. The smallest absolute Gasteiger partial charge is 0.0541 e. The standard InChI is InChI=1S/C42H29BrN2.C37H27N.C6H4BrI.3CH4/c43-34-20-26-38(27-21-34)44(36-22-15-31(16-23-36)30-9-3-1-4-10-30)37-24-17-32(18-25-37)33-19-28-42-40(29-33)39-13-7-8-14-41(39)45(42)35-11-5-2-6-12-35;1-3-9-29(10-4-1)30-19-15-27(16-20-30)25-28-17-21-31(22-18-28)32-23-24-37-35(26-32)34-13-7-8-14-36(34)38(37)33-11-5-2-6-12-33;7-5-1-3-6(8)4-2-5;;;/h1-29H;1-24,26H,25H2;1-4H;3*1H4. The molecule has 2 heterocycles. The molecule has 0 aliphatic rings. The van der Waals surface area contributed by atoms with Gasteiger partial charge < -0.3 is 14.0 Å². The minimum atomic E-state index is 0. The van der Waals surface area contributed by atoms with Gasteiger partial charge in [-0.3, -0.25) is 0 Å². The third kappa shape index (κ3) is 14.4. The molecule has 0 atom stereocenters. The van der Waals surface area contributed by atoms with Crippen LogP contribution >= 0.6 is 54.5 Å². The highest BCUT2D eigenvalue weighted by Gasteiger charge is 2.17. The Morgan fingerprint density at radius 3 is 0.904 bits per heavy atom. The number of aromatic nitrogens is 2. The van der Waals surface area contributed by atoms with Crippen LogP contribution in [0.4, 0.5) is 17.1 Å². The lowest BCUT2D eigenvalue weighted by molar-refractivity contribution is 1.18. The SMILES string of the molecule is Brc1ccc(I)cc1.Brc1ccc(N(c2ccc(-c3ccccc3)cc2)c2ccc(-c3ccc4c(c3)c3ccccc3n4-c3ccccc3)cc2)cc1.C.C.C.c1ccc(-c2ccc(Cc3ccc(-c4ccc5c(c4)c4ccccc4n5-c4ccccc4)cc3)cc2)cc1. The van der Waals surface area contributed by atoms with Gasteiger partial charge in [0.1, 0.15) is 0 Å². The average molecular weight is 1460 g/mol.